The molecule has 0 aromatic carbocycles. The summed E-state index contributed by atoms with van der Waals surface area (Å²) in [7, 11) is 0. The van der Waals surface area contributed by atoms with E-state index in [1.54, 1.807) is 8.90 Å². The van der Waals surface area contributed by atoms with E-state index in [9.17, 15) is 0 Å². The van der Waals surface area contributed by atoms with Gasteiger partial charge in [0.15, 0.2) is 0 Å². The average molecular weight is 401 g/mol. The van der Waals surface area contributed by atoms with Crippen molar-refractivity contribution in [2.75, 3.05) is 0 Å². The summed E-state index contributed by atoms with van der Waals surface area (Å²) in [4.78, 5) is 0. The zero-order valence-corrected chi connectivity index (χ0v) is 13.9. The largest absolute Gasteiger partial charge is 0.147 e. The molecule has 0 aliphatic heterocycles. The predicted molar refractivity (Wildman–Crippen MR) is 64.0 cm³/mol. The van der Waals surface area contributed by atoms with Gasteiger partial charge < -0.3 is 0 Å². The maximum absolute atomic E-state index is 2.34. The van der Waals surface area contributed by atoms with E-state index in [0.29, 0.717) is 0 Å². The first-order chi connectivity index (χ1) is 5.84. The van der Waals surface area contributed by atoms with Crippen molar-refractivity contribution in [2.24, 2.45) is 0 Å². The zero-order chi connectivity index (χ0) is 8.81. The number of rotatable bonds is 5. The van der Waals surface area contributed by atoms with Gasteiger partial charge in [-0.05, 0) is 0 Å². The Morgan fingerprint density at radius 1 is 1.21 bits per heavy atom. The Labute approximate surface area is 115 Å². The fraction of sp³-hybridized carbons (Fsp3) is 0.636. The summed E-state index contributed by atoms with van der Waals surface area (Å²) in [5, 5.41) is 0. The molecule has 1 aliphatic rings. The Morgan fingerprint density at radius 3 is 2.43 bits per heavy atom. The van der Waals surface area contributed by atoms with Gasteiger partial charge in [0.2, 0.25) is 0 Å². The Hall–Kier alpha value is 0.930. The smallest absolute Gasteiger partial charge is 0.147 e. The number of allylic oxidation sites excluding steroid dienone is 4. The maximum Gasteiger partial charge on any atom is -0.147 e. The maximum atomic E-state index is 2.34. The van der Waals surface area contributed by atoms with Gasteiger partial charge in [-0.15, -0.1) is 24.8 Å². The fourth-order valence-electron chi connectivity index (χ4n) is 1.53. The van der Waals surface area contributed by atoms with Crippen LogP contribution in [0.5, 0.6) is 0 Å². The Morgan fingerprint density at radius 2 is 1.93 bits per heavy atom. The quantitative estimate of drug-likeness (QED) is 0.469. The molecule has 0 atom stereocenters. The SMILES string of the molecule is CCCCCCC1=[C]([Hf])CC=C1.Cl.Cl. The van der Waals surface area contributed by atoms with Crippen LogP contribution in [0.25, 0.3) is 0 Å². The molecule has 0 spiro atoms. The van der Waals surface area contributed by atoms with Gasteiger partial charge in [-0.2, -0.15) is 0 Å². The minimum Gasteiger partial charge on any atom is -0.147 e. The molecule has 1 aliphatic carbocycles. The first-order valence-electron chi connectivity index (χ1n) is 4.94. The van der Waals surface area contributed by atoms with Crippen molar-refractivity contribution in [1.29, 1.82) is 0 Å². The molecular formula is C11H19Cl2Hf. The van der Waals surface area contributed by atoms with Crippen LogP contribution in [0.1, 0.15) is 45.4 Å². The summed E-state index contributed by atoms with van der Waals surface area (Å²) in [6.07, 6.45) is 12.8. The molecule has 0 unspecified atom stereocenters. The summed E-state index contributed by atoms with van der Waals surface area (Å²) in [5.74, 6) is 0. The van der Waals surface area contributed by atoms with Gasteiger partial charge in [0.1, 0.15) is 0 Å². The van der Waals surface area contributed by atoms with E-state index in [1.807, 2.05) is 0 Å². The van der Waals surface area contributed by atoms with Gasteiger partial charge in [-0.3, -0.25) is 0 Å². The van der Waals surface area contributed by atoms with E-state index in [2.05, 4.69) is 19.1 Å². The third kappa shape index (κ3) is 6.42. The Bertz CT molecular complexity index is 197. The molecule has 81 valence electrons. The minimum absolute atomic E-state index is 0. The molecule has 3 heteroatoms. The van der Waals surface area contributed by atoms with Crippen molar-refractivity contribution in [3.8, 4) is 0 Å². The van der Waals surface area contributed by atoms with Crippen LogP contribution in [-0.4, -0.2) is 0 Å². The molecular weight excluding hydrogens is 382 g/mol. The molecule has 0 radical (unpaired) electrons. The van der Waals surface area contributed by atoms with E-state index in [0.717, 1.165) is 0 Å². The number of unbranched alkanes of at least 4 members (excludes halogenated alkanes) is 3. The first-order valence-corrected chi connectivity index (χ1v) is 6.74. The monoisotopic (exact) mass is 401 g/mol. The second kappa shape index (κ2) is 10.4. The molecule has 1 rings (SSSR count). The molecule has 0 nitrogen and oxygen atoms in total. The van der Waals surface area contributed by atoms with Crippen LogP contribution in [0, 0.1) is 0 Å². The van der Waals surface area contributed by atoms with E-state index in [-0.39, 0.29) is 24.8 Å². The zero-order valence-electron chi connectivity index (χ0n) is 8.71. The predicted octanol–water partition coefficient (Wildman–Crippen LogP) is 4.56. The van der Waals surface area contributed by atoms with E-state index < -0.39 is 0 Å². The van der Waals surface area contributed by atoms with Crippen molar-refractivity contribution < 1.29 is 24.4 Å². The third-order valence-electron chi connectivity index (χ3n) is 2.33. The topological polar surface area (TPSA) is 0 Å². The van der Waals surface area contributed by atoms with E-state index in [4.69, 9.17) is 0 Å². The van der Waals surface area contributed by atoms with Gasteiger partial charge in [0.05, 0.1) is 0 Å². The normalized spacial score (nSPS) is 13.7. The Balaban J connectivity index is 0. The van der Waals surface area contributed by atoms with Gasteiger partial charge >= 0.3 is 90.9 Å². The first kappa shape index (κ1) is 17.3. The molecule has 14 heavy (non-hydrogen) atoms. The average Bonchev–Trinajstić information content (AvgIpc) is 2.46. The molecule has 0 fully saturated rings. The van der Waals surface area contributed by atoms with Crippen LogP contribution in [-0.2, 0) is 24.4 Å². The number of hydrogen-bond acceptors (Lipinski definition) is 0. The summed E-state index contributed by atoms with van der Waals surface area (Å²) in [5.41, 5.74) is 1.66. The van der Waals surface area contributed by atoms with Gasteiger partial charge in [-0.1, -0.05) is 0 Å². The van der Waals surface area contributed by atoms with Crippen molar-refractivity contribution in [2.45, 2.75) is 45.4 Å². The Kier molecular flexibility index (Phi) is 12.9. The summed E-state index contributed by atoms with van der Waals surface area (Å²) >= 11 is 1.27. The van der Waals surface area contributed by atoms with Crippen molar-refractivity contribution in [1.82, 2.24) is 0 Å². The van der Waals surface area contributed by atoms with Gasteiger partial charge in [0, 0.05) is 0 Å². The van der Waals surface area contributed by atoms with Crippen LogP contribution in [0.4, 0.5) is 0 Å². The molecule has 0 N–H and O–H groups in total. The minimum atomic E-state index is 0. The van der Waals surface area contributed by atoms with Crippen molar-refractivity contribution >= 4 is 24.8 Å². The molecule has 0 heterocycles. The van der Waals surface area contributed by atoms with Crippen LogP contribution < -0.4 is 0 Å². The van der Waals surface area contributed by atoms with Crippen LogP contribution >= 0.6 is 24.8 Å². The number of hydrogen-bond donors (Lipinski definition) is 0. The van der Waals surface area contributed by atoms with Crippen LogP contribution in [0.2, 0.25) is 0 Å². The van der Waals surface area contributed by atoms with Gasteiger partial charge in [-0.25, -0.2) is 0 Å². The summed E-state index contributed by atoms with van der Waals surface area (Å²) < 4.78 is 1.73. The van der Waals surface area contributed by atoms with E-state index in [1.165, 1.54) is 62.9 Å². The standard InChI is InChI=1S/C11H17.2ClH.Hf/c1-2-3-4-5-8-11-9-6-7-10-11;;;/h6,9H,2-5,7-8H2,1H3;2*1H;. The van der Waals surface area contributed by atoms with Gasteiger partial charge in [0.25, 0.3) is 0 Å². The van der Waals surface area contributed by atoms with Crippen LogP contribution in [0.3, 0.4) is 0 Å². The molecule has 0 saturated carbocycles. The molecule has 0 aromatic heterocycles. The molecule has 0 aromatic rings. The van der Waals surface area contributed by atoms with Crippen molar-refractivity contribution in [3.05, 3.63) is 21.1 Å². The molecule has 0 bridgehead atoms. The van der Waals surface area contributed by atoms with Crippen molar-refractivity contribution in [3.63, 3.8) is 0 Å². The summed E-state index contributed by atoms with van der Waals surface area (Å²) in [6, 6.07) is 0. The summed E-state index contributed by atoms with van der Waals surface area (Å²) in [6.45, 7) is 2.27. The second-order valence-electron chi connectivity index (χ2n) is 3.42. The second-order valence-corrected chi connectivity index (χ2v) is 5.59. The fourth-order valence-corrected chi connectivity index (χ4v) is 2.70. The molecule has 0 saturated heterocycles. The molecule has 0 amide bonds. The van der Waals surface area contributed by atoms with E-state index >= 15 is 0 Å². The third-order valence-corrected chi connectivity index (χ3v) is 4.22. The van der Waals surface area contributed by atoms with Crippen LogP contribution in [0.15, 0.2) is 21.1 Å². The number of halogens is 2.